The maximum atomic E-state index is 13.7. The van der Waals surface area contributed by atoms with Gasteiger partial charge in [0, 0.05) is 18.3 Å². The molecule has 0 saturated carbocycles. The Morgan fingerprint density at radius 1 is 1.53 bits per heavy atom. The van der Waals surface area contributed by atoms with E-state index in [1.807, 2.05) is 12.3 Å². The number of amides is 1. The van der Waals surface area contributed by atoms with Crippen molar-refractivity contribution in [3.05, 3.63) is 50.1 Å². The molecule has 0 aliphatic heterocycles. The summed E-state index contributed by atoms with van der Waals surface area (Å²) in [7, 11) is 0. The zero-order valence-corrected chi connectivity index (χ0v) is 12.6. The number of benzene rings is 1. The van der Waals surface area contributed by atoms with Gasteiger partial charge in [-0.25, -0.2) is 9.37 Å². The van der Waals surface area contributed by atoms with E-state index in [9.17, 15) is 9.18 Å². The average Bonchev–Trinajstić information content (AvgIpc) is 2.78. The van der Waals surface area contributed by atoms with Gasteiger partial charge in [-0.1, -0.05) is 6.07 Å². The topological polar surface area (TPSA) is 42.0 Å². The van der Waals surface area contributed by atoms with E-state index in [0.29, 0.717) is 13.0 Å². The number of aromatic nitrogens is 1. The number of rotatable bonds is 4. The average molecular weight is 343 g/mol. The molecule has 1 aromatic heterocycles. The Hall–Kier alpha value is -1.27. The predicted octanol–water partition coefficient (Wildman–Crippen LogP) is 3.33. The quantitative estimate of drug-likeness (QED) is 0.925. The molecular formula is C13H12BrFN2OS. The molecule has 2 aromatic rings. The summed E-state index contributed by atoms with van der Waals surface area (Å²) in [5, 5.41) is 5.65. The number of hydrogen-bond donors (Lipinski definition) is 1. The van der Waals surface area contributed by atoms with Gasteiger partial charge >= 0.3 is 0 Å². The fourth-order valence-electron chi connectivity index (χ4n) is 1.60. The first-order valence-corrected chi connectivity index (χ1v) is 7.38. The summed E-state index contributed by atoms with van der Waals surface area (Å²) in [6.07, 6.45) is 0.645. The highest BCUT2D eigenvalue weighted by atomic mass is 79.9. The number of carbonyl (C=O) groups excluding carboxylic acids is 1. The summed E-state index contributed by atoms with van der Waals surface area (Å²) in [4.78, 5) is 16.1. The molecule has 0 aliphatic carbocycles. The van der Waals surface area contributed by atoms with Gasteiger partial charge in [0.1, 0.15) is 5.82 Å². The number of thiazole rings is 1. The minimum absolute atomic E-state index is 0.0452. The number of nitrogens with one attached hydrogen (secondary N) is 1. The summed E-state index contributed by atoms with van der Waals surface area (Å²) < 4.78 is 14.0. The van der Waals surface area contributed by atoms with E-state index in [4.69, 9.17) is 0 Å². The normalized spacial score (nSPS) is 10.5. The van der Waals surface area contributed by atoms with Crippen molar-refractivity contribution in [1.82, 2.24) is 10.3 Å². The number of carbonyl (C=O) groups is 1. The maximum absolute atomic E-state index is 13.7. The van der Waals surface area contributed by atoms with Gasteiger partial charge in [0.2, 0.25) is 0 Å². The molecular weight excluding hydrogens is 331 g/mol. The Bertz CT molecular complexity index is 600. The standard InChI is InChI=1S/C13H12BrFN2OS/c1-8-17-9(7-19-8)5-6-16-13(18)10-3-2-4-11(14)12(10)15/h2-4,7H,5-6H2,1H3,(H,16,18). The second kappa shape index (κ2) is 6.25. The van der Waals surface area contributed by atoms with Crippen LogP contribution in [0, 0.1) is 12.7 Å². The summed E-state index contributed by atoms with van der Waals surface area (Å²) >= 11 is 4.63. The van der Waals surface area contributed by atoms with Crippen LogP contribution in [-0.4, -0.2) is 17.4 Å². The van der Waals surface area contributed by atoms with Gasteiger partial charge in [-0.05, 0) is 35.0 Å². The fourth-order valence-corrected chi connectivity index (χ4v) is 2.61. The lowest BCUT2D eigenvalue weighted by Gasteiger charge is -2.06. The number of aryl methyl sites for hydroxylation is 1. The van der Waals surface area contributed by atoms with E-state index >= 15 is 0 Å². The lowest BCUT2D eigenvalue weighted by atomic mass is 10.2. The highest BCUT2D eigenvalue weighted by Crippen LogP contribution is 2.18. The molecule has 0 radical (unpaired) electrons. The highest BCUT2D eigenvalue weighted by molar-refractivity contribution is 9.10. The van der Waals surface area contributed by atoms with Crippen molar-refractivity contribution >= 4 is 33.2 Å². The molecule has 1 aromatic carbocycles. The second-order valence-corrected chi connectivity index (χ2v) is 5.88. The molecule has 1 heterocycles. The molecule has 100 valence electrons. The second-order valence-electron chi connectivity index (χ2n) is 3.97. The zero-order valence-electron chi connectivity index (χ0n) is 10.2. The predicted molar refractivity (Wildman–Crippen MR) is 77.0 cm³/mol. The lowest BCUT2D eigenvalue weighted by molar-refractivity contribution is 0.0950. The van der Waals surface area contributed by atoms with Crippen LogP contribution in [0.2, 0.25) is 0 Å². The number of hydrogen-bond acceptors (Lipinski definition) is 3. The van der Waals surface area contributed by atoms with Crippen LogP contribution in [0.15, 0.2) is 28.1 Å². The van der Waals surface area contributed by atoms with Crippen LogP contribution >= 0.6 is 27.3 Å². The summed E-state index contributed by atoms with van der Waals surface area (Å²) in [5.74, 6) is -0.949. The van der Waals surface area contributed by atoms with Crippen molar-refractivity contribution in [2.24, 2.45) is 0 Å². The van der Waals surface area contributed by atoms with Crippen LogP contribution in [0.1, 0.15) is 21.1 Å². The van der Waals surface area contributed by atoms with Crippen LogP contribution in [0.25, 0.3) is 0 Å². The fraction of sp³-hybridized carbons (Fsp3) is 0.231. The van der Waals surface area contributed by atoms with Crippen molar-refractivity contribution in [1.29, 1.82) is 0 Å². The lowest BCUT2D eigenvalue weighted by Crippen LogP contribution is -2.26. The SMILES string of the molecule is Cc1nc(CCNC(=O)c2cccc(Br)c2F)cs1. The van der Waals surface area contributed by atoms with Crippen LogP contribution in [-0.2, 0) is 6.42 Å². The first kappa shape index (κ1) is 14.1. The minimum Gasteiger partial charge on any atom is -0.352 e. The van der Waals surface area contributed by atoms with Gasteiger partial charge < -0.3 is 5.32 Å². The molecule has 6 heteroatoms. The molecule has 0 atom stereocenters. The summed E-state index contributed by atoms with van der Waals surface area (Å²) in [6, 6.07) is 4.65. The van der Waals surface area contributed by atoms with Crippen LogP contribution in [0.5, 0.6) is 0 Å². The van der Waals surface area contributed by atoms with E-state index in [1.165, 1.54) is 6.07 Å². The molecule has 1 amide bonds. The molecule has 19 heavy (non-hydrogen) atoms. The van der Waals surface area contributed by atoms with Crippen molar-refractivity contribution < 1.29 is 9.18 Å². The van der Waals surface area contributed by atoms with Crippen LogP contribution in [0.3, 0.4) is 0 Å². The molecule has 3 nitrogen and oxygen atoms in total. The smallest absolute Gasteiger partial charge is 0.254 e. The molecule has 0 bridgehead atoms. The number of halogens is 2. The van der Waals surface area contributed by atoms with E-state index < -0.39 is 11.7 Å². The van der Waals surface area contributed by atoms with Crippen molar-refractivity contribution in [3.63, 3.8) is 0 Å². The van der Waals surface area contributed by atoms with E-state index in [2.05, 4.69) is 26.2 Å². The van der Waals surface area contributed by atoms with Crippen molar-refractivity contribution in [3.8, 4) is 0 Å². The Kier molecular flexibility index (Phi) is 4.66. The third-order valence-electron chi connectivity index (χ3n) is 2.53. The van der Waals surface area contributed by atoms with Crippen LogP contribution in [0.4, 0.5) is 4.39 Å². The Morgan fingerprint density at radius 3 is 3.00 bits per heavy atom. The van der Waals surface area contributed by atoms with Gasteiger partial charge in [-0.3, -0.25) is 4.79 Å². The van der Waals surface area contributed by atoms with E-state index in [0.717, 1.165) is 10.7 Å². The number of nitrogens with zero attached hydrogens (tertiary/aromatic N) is 1. The van der Waals surface area contributed by atoms with Gasteiger partial charge in [-0.2, -0.15) is 0 Å². The van der Waals surface area contributed by atoms with E-state index in [1.54, 1.807) is 23.5 Å². The molecule has 0 fully saturated rings. The van der Waals surface area contributed by atoms with Gasteiger partial charge in [0.25, 0.3) is 5.91 Å². The third-order valence-corrected chi connectivity index (χ3v) is 3.96. The Morgan fingerprint density at radius 2 is 2.32 bits per heavy atom. The molecule has 0 saturated heterocycles. The van der Waals surface area contributed by atoms with E-state index in [-0.39, 0.29) is 10.0 Å². The maximum Gasteiger partial charge on any atom is 0.254 e. The van der Waals surface area contributed by atoms with Gasteiger partial charge in [-0.15, -0.1) is 11.3 Å². The van der Waals surface area contributed by atoms with Gasteiger partial charge in [0.05, 0.1) is 20.7 Å². The summed E-state index contributed by atoms with van der Waals surface area (Å²) in [5.41, 5.74) is 0.987. The Balaban J connectivity index is 1.93. The van der Waals surface area contributed by atoms with Crippen LogP contribution < -0.4 is 5.32 Å². The third kappa shape index (κ3) is 3.61. The van der Waals surface area contributed by atoms with Crippen molar-refractivity contribution in [2.45, 2.75) is 13.3 Å². The first-order valence-electron chi connectivity index (χ1n) is 5.71. The van der Waals surface area contributed by atoms with Gasteiger partial charge in [0.15, 0.2) is 0 Å². The minimum atomic E-state index is -0.537. The molecule has 0 unspecified atom stereocenters. The van der Waals surface area contributed by atoms with Crippen molar-refractivity contribution in [2.75, 3.05) is 6.54 Å². The molecule has 2 rings (SSSR count). The highest BCUT2D eigenvalue weighted by Gasteiger charge is 2.13. The Labute approximate surface area is 123 Å². The first-order chi connectivity index (χ1) is 9.08. The molecule has 0 spiro atoms. The molecule has 1 N–H and O–H groups in total. The largest absolute Gasteiger partial charge is 0.352 e. The molecule has 0 aliphatic rings. The summed E-state index contributed by atoms with van der Waals surface area (Å²) in [6.45, 7) is 2.37. The monoisotopic (exact) mass is 342 g/mol. The zero-order chi connectivity index (χ0) is 13.8.